The zero-order chi connectivity index (χ0) is 23.0. The molecule has 1 fully saturated rings. The lowest BCUT2D eigenvalue weighted by molar-refractivity contribution is -0.147. The van der Waals surface area contributed by atoms with E-state index in [1.165, 1.54) is 13.8 Å². The second kappa shape index (κ2) is 8.98. The van der Waals surface area contributed by atoms with Gasteiger partial charge in [0.05, 0.1) is 11.5 Å². The third-order valence-electron chi connectivity index (χ3n) is 5.02. The molecule has 1 aliphatic carbocycles. The first-order valence-corrected chi connectivity index (χ1v) is 10.3. The van der Waals surface area contributed by atoms with Crippen molar-refractivity contribution in [3.05, 3.63) is 45.5 Å². The smallest absolute Gasteiger partial charge is 0.426 e. The summed E-state index contributed by atoms with van der Waals surface area (Å²) in [4.78, 5) is 12.2. The second-order valence-electron chi connectivity index (χ2n) is 7.30. The third kappa shape index (κ3) is 4.90. The third-order valence-corrected chi connectivity index (χ3v) is 6.26. The Hall–Kier alpha value is -1.42. The van der Waals surface area contributed by atoms with E-state index in [1.54, 1.807) is 6.92 Å². The zero-order valence-corrected chi connectivity index (χ0v) is 17.7. The van der Waals surface area contributed by atoms with E-state index in [4.69, 9.17) is 16.3 Å². The van der Waals surface area contributed by atoms with Gasteiger partial charge in [-0.05, 0) is 17.1 Å². The van der Waals surface area contributed by atoms with Gasteiger partial charge >= 0.3 is 12.1 Å². The number of carbonyl (C=O) groups excluding carboxylic acids is 1. The molecular weight excluding hydrogens is 461 g/mol. The first-order valence-electron chi connectivity index (χ1n) is 8.77. The summed E-state index contributed by atoms with van der Waals surface area (Å²) in [5.41, 5.74) is -2.82. The number of rotatable bonds is 7. The number of thioether (sulfide) groups is 1. The minimum atomic E-state index is -4.78. The zero-order valence-electron chi connectivity index (χ0n) is 16.1. The molecule has 11 heteroatoms. The molecule has 0 bridgehead atoms. The van der Waals surface area contributed by atoms with Crippen LogP contribution in [0.25, 0.3) is 0 Å². The largest absolute Gasteiger partial charge is 0.460 e. The molecule has 0 N–H and O–H groups in total. The number of halogens is 8. The normalized spacial score (nSPS) is 21.0. The van der Waals surface area contributed by atoms with Crippen LogP contribution >= 0.6 is 23.4 Å². The molecule has 2 atom stereocenters. The molecule has 0 unspecified atom stereocenters. The van der Waals surface area contributed by atoms with Gasteiger partial charge in [-0.25, -0.2) is 17.6 Å². The number of carbonyl (C=O) groups is 1. The maximum Gasteiger partial charge on any atom is 0.426 e. The highest BCUT2D eigenvalue weighted by Gasteiger charge is 2.62. The highest BCUT2D eigenvalue weighted by atomic mass is 35.5. The number of hydrogen-bond donors (Lipinski definition) is 0. The highest BCUT2D eigenvalue weighted by molar-refractivity contribution is 7.98. The Labute approximate surface area is 177 Å². The molecule has 0 spiro atoms. The predicted molar refractivity (Wildman–Crippen MR) is 98.7 cm³/mol. The van der Waals surface area contributed by atoms with Crippen molar-refractivity contribution in [1.82, 2.24) is 0 Å². The van der Waals surface area contributed by atoms with Crippen molar-refractivity contribution in [3.8, 4) is 0 Å². The van der Waals surface area contributed by atoms with Crippen LogP contribution in [0.2, 0.25) is 0 Å². The van der Waals surface area contributed by atoms with E-state index in [0.717, 1.165) is 11.8 Å². The Morgan fingerprint density at radius 2 is 1.60 bits per heavy atom. The molecule has 0 aliphatic heterocycles. The van der Waals surface area contributed by atoms with E-state index in [-0.39, 0.29) is 5.75 Å². The van der Waals surface area contributed by atoms with Crippen molar-refractivity contribution in [2.45, 2.75) is 39.3 Å². The van der Waals surface area contributed by atoms with E-state index in [0.29, 0.717) is 11.8 Å². The summed E-state index contributed by atoms with van der Waals surface area (Å²) in [7, 11) is 0. The van der Waals surface area contributed by atoms with E-state index < -0.39 is 75.4 Å². The van der Waals surface area contributed by atoms with Crippen LogP contribution in [-0.4, -0.2) is 17.9 Å². The van der Waals surface area contributed by atoms with Crippen LogP contribution in [0.1, 0.15) is 31.9 Å². The summed E-state index contributed by atoms with van der Waals surface area (Å²) >= 11 is 6.24. The summed E-state index contributed by atoms with van der Waals surface area (Å²) in [6, 6.07) is 0. The summed E-state index contributed by atoms with van der Waals surface area (Å²) in [5.74, 6) is -9.38. The fourth-order valence-electron chi connectivity index (χ4n) is 3.10. The number of benzene rings is 1. The molecule has 0 amide bonds. The Morgan fingerprint density at radius 3 is 2.07 bits per heavy atom. The minimum Gasteiger partial charge on any atom is -0.460 e. The average molecular weight is 479 g/mol. The SMILES string of the molecule is CCSCc1c(F)c(F)c(COC(=O)[C@@H]2[C@H](C=C(Cl)C(F)(F)F)C2(C)C)c(F)c1F. The van der Waals surface area contributed by atoms with Crippen molar-refractivity contribution in [1.29, 1.82) is 0 Å². The van der Waals surface area contributed by atoms with Gasteiger partial charge in [0.25, 0.3) is 0 Å². The lowest BCUT2D eigenvalue weighted by Crippen LogP contribution is -2.14. The lowest BCUT2D eigenvalue weighted by atomic mass is 10.1. The van der Waals surface area contributed by atoms with Crippen LogP contribution in [0.4, 0.5) is 30.7 Å². The first-order chi connectivity index (χ1) is 13.7. The topological polar surface area (TPSA) is 26.3 Å². The molecule has 2 rings (SSSR count). The molecule has 0 saturated heterocycles. The van der Waals surface area contributed by atoms with Crippen LogP contribution in [0.3, 0.4) is 0 Å². The van der Waals surface area contributed by atoms with E-state index in [9.17, 15) is 35.5 Å². The van der Waals surface area contributed by atoms with Gasteiger partial charge in [0.15, 0.2) is 23.3 Å². The van der Waals surface area contributed by atoms with E-state index in [1.807, 2.05) is 0 Å². The lowest BCUT2D eigenvalue weighted by Gasteiger charge is -2.12. The van der Waals surface area contributed by atoms with Crippen LogP contribution < -0.4 is 0 Å². The van der Waals surface area contributed by atoms with Crippen molar-refractivity contribution in [2.75, 3.05) is 5.75 Å². The fourth-order valence-corrected chi connectivity index (χ4v) is 3.90. The molecular formula is C19H18ClF7O2S. The number of alkyl halides is 3. The molecule has 168 valence electrons. The molecule has 1 saturated carbocycles. The quantitative estimate of drug-likeness (QED) is 0.254. The summed E-state index contributed by atoms with van der Waals surface area (Å²) < 4.78 is 99.1. The van der Waals surface area contributed by atoms with Gasteiger partial charge in [-0.2, -0.15) is 24.9 Å². The molecule has 1 aliphatic rings. The highest BCUT2D eigenvalue weighted by Crippen LogP contribution is 2.60. The Kier molecular flexibility index (Phi) is 7.44. The summed E-state index contributed by atoms with van der Waals surface area (Å²) in [6.07, 6.45) is -4.11. The average Bonchev–Trinajstić information content (AvgIpc) is 3.19. The van der Waals surface area contributed by atoms with Crippen LogP contribution in [0.5, 0.6) is 0 Å². The second-order valence-corrected chi connectivity index (χ2v) is 8.98. The molecule has 30 heavy (non-hydrogen) atoms. The van der Waals surface area contributed by atoms with Crippen molar-refractivity contribution < 1.29 is 40.3 Å². The number of hydrogen-bond acceptors (Lipinski definition) is 3. The van der Waals surface area contributed by atoms with Crippen LogP contribution in [0.15, 0.2) is 11.1 Å². The molecule has 1 aromatic carbocycles. The van der Waals surface area contributed by atoms with Crippen molar-refractivity contribution >= 4 is 29.3 Å². The Bertz CT molecular complexity index is 838. The van der Waals surface area contributed by atoms with E-state index in [2.05, 4.69) is 0 Å². The van der Waals surface area contributed by atoms with Crippen molar-refractivity contribution in [3.63, 3.8) is 0 Å². The molecule has 0 radical (unpaired) electrons. The summed E-state index contributed by atoms with van der Waals surface area (Å²) in [6.45, 7) is 3.56. The number of ether oxygens (including phenoxy) is 1. The van der Waals surface area contributed by atoms with Gasteiger partial charge in [0.1, 0.15) is 11.6 Å². The van der Waals surface area contributed by atoms with Gasteiger partial charge < -0.3 is 4.74 Å². The van der Waals surface area contributed by atoms with Crippen LogP contribution in [0, 0.1) is 40.5 Å². The molecule has 0 aromatic heterocycles. The molecule has 0 heterocycles. The molecule has 1 aromatic rings. The maximum atomic E-state index is 14.2. The number of allylic oxidation sites excluding steroid dienone is 2. The summed E-state index contributed by atoms with van der Waals surface area (Å²) in [5, 5.41) is -1.40. The van der Waals surface area contributed by atoms with Crippen LogP contribution in [-0.2, 0) is 21.9 Å². The van der Waals surface area contributed by atoms with Crippen molar-refractivity contribution in [2.24, 2.45) is 17.3 Å². The first kappa shape index (κ1) is 24.8. The van der Waals surface area contributed by atoms with E-state index >= 15 is 0 Å². The predicted octanol–water partition coefficient (Wildman–Crippen LogP) is 6.50. The van der Waals surface area contributed by atoms with Gasteiger partial charge in [-0.1, -0.05) is 38.4 Å². The monoisotopic (exact) mass is 478 g/mol. The fraction of sp³-hybridized carbons (Fsp3) is 0.526. The molecule has 2 nitrogen and oxygen atoms in total. The maximum absolute atomic E-state index is 14.2. The minimum absolute atomic E-state index is 0.285. The van der Waals surface area contributed by atoms with Gasteiger partial charge in [0, 0.05) is 11.3 Å². The standard InChI is InChI=1S/C19H18ClF7O2S/c1-4-30-7-9-15(23)13(21)8(14(22)16(9)24)6-29-17(28)12-10(18(12,2)3)5-11(20)19(25,26)27/h5,10,12H,4,6-7H2,1-3H3/t10-,12-/m0/s1. The number of esters is 1. The van der Waals surface area contributed by atoms with Gasteiger partial charge in [-0.15, -0.1) is 0 Å². The Balaban J connectivity index is 2.17. The van der Waals surface area contributed by atoms with Gasteiger partial charge in [-0.3, -0.25) is 4.79 Å². The van der Waals surface area contributed by atoms with Gasteiger partial charge in [0.2, 0.25) is 0 Å². The Morgan fingerprint density at radius 1 is 1.10 bits per heavy atom.